The van der Waals surface area contributed by atoms with Crippen molar-refractivity contribution in [3.63, 3.8) is 0 Å². The lowest BCUT2D eigenvalue weighted by molar-refractivity contribution is 0.102. The van der Waals surface area contributed by atoms with Gasteiger partial charge in [-0.3, -0.25) is 9.48 Å². The SMILES string of the molecule is O=C(Nc1cccc(OCCn2cccn2)c1)c1ccccc1-c1ccccc1. The first-order chi connectivity index (χ1) is 14.3. The molecule has 144 valence electrons. The zero-order valence-electron chi connectivity index (χ0n) is 15.9. The summed E-state index contributed by atoms with van der Waals surface area (Å²) >= 11 is 0. The maximum Gasteiger partial charge on any atom is 0.256 e. The second-order valence-electron chi connectivity index (χ2n) is 6.51. The van der Waals surface area contributed by atoms with Crippen LogP contribution in [0.2, 0.25) is 0 Å². The summed E-state index contributed by atoms with van der Waals surface area (Å²) in [6.07, 6.45) is 3.63. The molecule has 0 aliphatic carbocycles. The first-order valence-corrected chi connectivity index (χ1v) is 9.46. The summed E-state index contributed by atoms with van der Waals surface area (Å²) in [6.45, 7) is 1.16. The molecule has 5 heteroatoms. The number of amides is 1. The highest BCUT2D eigenvalue weighted by atomic mass is 16.5. The minimum absolute atomic E-state index is 0.154. The minimum Gasteiger partial charge on any atom is -0.492 e. The van der Waals surface area contributed by atoms with E-state index >= 15 is 0 Å². The van der Waals surface area contributed by atoms with E-state index in [0.717, 1.165) is 11.1 Å². The lowest BCUT2D eigenvalue weighted by Crippen LogP contribution is -2.13. The summed E-state index contributed by atoms with van der Waals surface area (Å²) in [5.74, 6) is 0.546. The average molecular weight is 383 g/mol. The molecule has 4 rings (SSSR count). The fraction of sp³-hybridized carbons (Fsp3) is 0.0833. The molecule has 0 aliphatic heterocycles. The molecule has 0 saturated heterocycles. The van der Waals surface area contributed by atoms with E-state index in [2.05, 4.69) is 10.4 Å². The molecule has 0 bridgehead atoms. The number of carbonyl (C=O) groups excluding carboxylic acids is 1. The lowest BCUT2D eigenvalue weighted by atomic mass is 9.99. The van der Waals surface area contributed by atoms with Crippen LogP contribution >= 0.6 is 0 Å². The Hall–Kier alpha value is -3.86. The predicted octanol–water partition coefficient (Wildman–Crippen LogP) is 4.88. The molecule has 0 atom stereocenters. The van der Waals surface area contributed by atoms with Crippen LogP contribution in [0, 0.1) is 0 Å². The summed E-state index contributed by atoms with van der Waals surface area (Å²) in [5.41, 5.74) is 3.23. The molecule has 1 amide bonds. The van der Waals surface area contributed by atoms with Gasteiger partial charge in [0.25, 0.3) is 5.91 Å². The normalized spacial score (nSPS) is 10.5. The summed E-state index contributed by atoms with van der Waals surface area (Å²) in [4.78, 5) is 12.9. The van der Waals surface area contributed by atoms with Crippen LogP contribution in [0.15, 0.2) is 97.3 Å². The fourth-order valence-corrected chi connectivity index (χ4v) is 3.10. The number of nitrogens with one attached hydrogen (secondary N) is 1. The average Bonchev–Trinajstić information content (AvgIpc) is 3.28. The summed E-state index contributed by atoms with van der Waals surface area (Å²) < 4.78 is 7.60. The van der Waals surface area contributed by atoms with Crippen LogP contribution in [0.4, 0.5) is 5.69 Å². The van der Waals surface area contributed by atoms with Crippen molar-refractivity contribution in [3.05, 3.63) is 103 Å². The van der Waals surface area contributed by atoms with Crippen LogP contribution in [0.3, 0.4) is 0 Å². The van der Waals surface area contributed by atoms with Gasteiger partial charge in [0.15, 0.2) is 0 Å². The van der Waals surface area contributed by atoms with Gasteiger partial charge in [0.05, 0.1) is 6.54 Å². The van der Waals surface area contributed by atoms with Crippen molar-refractivity contribution in [1.82, 2.24) is 9.78 Å². The molecule has 29 heavy (non-hydrogen) atoms. The zero-order chi connectivity index (χ0) is 19.9. The Bertz CT molecular complexity index is 1080. The second kappa shape index (κ2) is 8.89. The number of hydrogen-bond acceptors (Lipinski definition) is 3. The first kappa shape index (κ1) is 18.5. The van der Waals surface area contributed by atoms with Crippen LogP contribution in [0.25, 0.3) is 11.1 Å². The largest absolute Gasteiger partial charge is 0.492 e. The monoisotopic (exact) mass is 383 g/mol. The van der Waals surface area contributed by atoms with Gasteiger partial charge >= 0.3 is 0 Å². The van der Waals surface area contributed by atoms with Crippen molar-refractivity contribution in [1.29, 1.82) is 0 Å². The predicted molar refractivity (Wildman–Crippen MR) is 114 cm³/mol. The molecule has 0 fully saturated rings. The fourth-order valence-electron chi connectivity index (χ4n) is 3.10. The van der Waals surface area contributed by atoms with Gasteiger partial charge in [0, 0.05) is 29.7 Å². The van der Waals surface area contributed by atoms with Crippen molar-refractivity contribution < 1.29 is 9.53 Å². The van der Waals surface area contributed by atoms with E-state index in [1.165, 1.54) is 0 Å². The molecular formula is C24H21N3O2. The molecule has 0 radical (unpaired) electrons. The van der Waals surface area contributed by atoms with E-state index in [1.54, 1.807) is 6.20 Å². The van der Waals surface area contributed by atoms with Gasteiger partial charge in [-0.2, -0.15) is 5.10 Å². The third kappa shape index (κ3) is 4.71. The van der Waals surface area contributed by atoms with Crippen LogP contribution in [-0.4, -0.2) is 22.3 Å². The Balaban J connectivity index is 1.45. The van der Waals surface area contributed by atoms with Crippen LogP contribution in [0.1, 0.15) is 10.4 Å². The highest BCUT2D eigenvalue weighted by Gasteiger charge is 2.12. The number of benzene rings is 3. The molecule has 1 heterocycles. The third-order valence-electron chi connectivity index (χ3n) is 4.50. The van der Waals surface area contributed by atoms with Crippen molar-refractivity contribution in [3.8, 4) is 16.9 Å². The van der Waals surface area contributed by atoms with E-state index < -0.39 is 0 Å². The number of ether oxygens (including phenoxy) is 1. The maximum atomic E-state index is 12.9. The summed E-state index contributed by atoms with van der Waals surface area (Å²) in [6, 6.07) is 26.8. The Labute approximate surface area is 169 Å². The van der Waals surface area contributed by atoms with E-state index in [1.807, 2.05) is 95.8 Å². The second-order valence-corrected chi connectivity index (χ2v) is 6.51. The highest BCUT2D eigenvalue weighted by Crippen LogP contribution is 2.25. The Morgan fingerprint density at radius 2 is 1.76 bits per heavy atom. The molecule has 0 aliphatic rings. The van der Waals surface area contributed by atoms with Gasteiger partial charge in [-0.25, -0.2) is 0 Å². The van der Waals surface area contributed by atoms with E-state index in [0.29, 0.717) is 30.2 Å². The standard InChI is InChI=1S/C24H21N3O2/c28-24(23-13-5-4-12-22(23)19-8-2-1-3-9-19)26-20-10-6-11-21(18-20)29-17-16-27-15-7-14-25-27/h1-15,18H,16-17H2,(H,26,28). The quantitative estimate of drug-likeness (QED) is 0.495. The molecule has 1 aromatic heterocycles. The van der Waals surface area contributed by atoms with Crippen LogP contribution in [0.5, 0.6) is 5.75 Å². The molecule has 5 nitrogen and oxygen atoms in total. The number of nitrogens with zero attached hydrogens (tertiary/aromatic N) is 2. The Kier molecular flexibility index (Phi) is 5.67. The molecule has 3 aromatic carbocycles. The maximum absolute atomic E-state index is 12.9. The number of anilines is 1. The van der Waals surface area contributed by atoms with E-state index in [9.17, 15) is 4.79 Å². The number of aromatic nitrogens is 2. The Morgan fingerprint density at radius 3 is 2.59 bits per heavy atom. The first-order valence-electron chi connectivity index (χ1n) is 9.46. The van der Waals surface area contributed by atoms with Crippen molar-refractivity contribution in [2.75, 3.05) is 11.9 Å². The van der Waals surface area contributed by atoms with Gasteiger partial charge in [-0.15, -0.1) is 0 Å². The number of hydrogen-bond donors (Lipinski definition) is 1. The van der Waals surface area contributed by atoms with Crippen LogP contribution < -0.4 is 10.1 Å². The molecule has 1 N–H and O–H groups in total. The van der Waals surface area contributed by atoms with Gasteiger partial charge in [0.2, 0.25) is 0 Å². The van der Waals surface area contributed by atoms with Gasteiger partial charge < -0.3 is 10.1 Å². The van der Waals surface area contributed by atoms with Gasteiger partial charge in [0.1, 0.15) is 12.4 Å². The molecule has 4 aromatic rings. The summed E-state index contributed by atoms with van der Waals surface area (Å²) in [5, 5.41) is 7.13. The molecule has 0 saturated carbocycles. The number of carbonyl (C=O) groups is 1. The van der Waals surface area contributed by atoms with Crippen molar-refractivity contribution in [2.45, 2.75) is 6.54 Å². The Morgan fingerprint density at radius 1 is 0.931 bits per heavy atom. The van der Waals surface area contributed by atoms with E-state index in [-0.39, 0.29) is 5.91 Å². The third-order valence-corrected chi connectivity index (χ3v) is 4.50. The van der Waals surface area contributed by atoms with Gasteiger partial charge in [-0.05, 0) is 35.4 Å². The minimum atomic E-state index is -0.154. The molecule has 0 unspecified atom stereocenters. The smallest absolute Gasteiger partial charge is 0.256 e. The molecular weight excluding hydrogens is 362 g/mol. The summed E-state index contributed by atoms with van der Waals surface area (Å²) in [7, 11) is 0. The van der Waals surface area contributed by atoms with E-state index in [4.69, 9.17) is 4.74 Å². The van der Waals surface area contributed by atoms with Gasteiger partial charge in [-0.1, -0.05) is 54.6 Å². The topological polar surface area (TPSA) is 56.1 Å². The lowest BCUT2D eigenvalue weighted by Gasteiger charge is -2.12. The number of rotatable bonds is 7. The van der Waals surface area contributed by atoms with Crippen molar-refractivity contribution >= 4 is 11.6 Å². The van der Waals surface area contributed by atoms with Crippen LogP contribution in [-0.2, 0) is 6.54 Å². The van der Waals surface area contributed by atoms with Crippen molar-refractivity contribution in [2.24, 2.45) is 0 Å². The zero-order valence-corrected chi connectivity index (χ0v) is 15.9. The molecule has 0 spiro atoms. The highest BCUT2D eigenvalue weighted by molar-refractivity contribution is 6.08.